The summed E-state index contributed by atoms with van der Waals surface area (Å²) < 4.78 is 21.6. The molecule has 1 saturated heterocycles. The first-order chi connectivity index (χ1) is 16.9. The summed E-state index contributed by atoms with van der Waals surface area (Å²) in [5.41, 5.74) is 1.49. The highest BCUT2D eigenvalue weighted by Gasteiger charge is 2.35. The minimum Gasteiger partial charge on any atom is -0.493 e. The number of carbonyl (C=O) groups excluding carboxylic acids is 3. The van der Waals surface area contributed by atoms with Gasteiger partial charge in [-0.05, 0) is 64.4 Å². The van der Waals surface area contributed by atoms with E-state index in [1.807, 2.05) is 6.92 Å². The second-order valence-electron chi connectivity index (χ2n) is 8.29. The molecule has 0 saturated carbocycles. The molecule has 192 valence electrons. The van der Waals surface area contributed by atoms with E-state index in [1.165, 1.54) is 7.11 Å². The first-order valence-corrected chi connectivity index (χ1v) is 12.1. The van der Waals surface area contributed by atoms with E-state index in [-0.39, 0.29) is 18.5 Å². The van der Waals surface area contributed by atoms with Gasteiger partial charge in [0.1, 0.15) is 0 Å². The summed E-state index contributed by atoms with van der Waals surface area (Å²) in [4.78, 5) is 39.9. The van der Waals surface area contributed by atoms with Crippen molar-refractivity contribution in [3.8, 4) is 11.5 Å². The van der Waals surface area contributed by atoms with Crippen LogP contribution in [0.3, 0.4) is 0 Å². The Morgan fingerprint density at radius 1 is 1.03 bits per heavy atom. The Bertz CT molecular complexity index is 954. The average molecular weight is 490 g/mol. The molecule has 2 aliphatic rings. The van der Waals surface area contributed by atoms with Gasteiger partial charge in [-0.2, -0.15) is 0 Å². The lowest BCUT2D eigenvalue weighted by Gasteiger charge is -2.35. The van der Waals surface area contributed by atoms with E-state index in [4.69, 9.17) is 18.9 Å². The van der Waals surface area contributed by atoms with Gasteiger partial charge < -0.3 is 29.6 Å². The maximum Gasteiger partial charge on any atom is 0.338 e. The third-order valence-corrected chi connectivity index (χ3v) is 6.06. The van der Waals surface area contributed by atoms with Crippen LogP contribution in [0.1, 0.15) is 45.2 Å². The molecule has 35 heavy (non-hydrogen) atoms. The van der Waals surface area contributed by atoms with Crippen LogP contribution in [0.25, 0.3) is 0 Å². The molecular formula is C25H35N3O7. The number of carbonyl (C=O) groups is 3. The van der Waals surface area contributed by atoms with E-state index in [9.17, 15) is 14.4 Å². The number of rotatable bonds is 10. The number of ether oxygens (including phenoxy) is 4. The van der Waals surface area contributed by atoms with Gasteiger partial charge in [0.25, 0.3) is 0 Å². The Kier molecular flexibility index (Phi) is 9.36. The number of nitrogens with zero attached hydrogens (tertiary/aromatic N) is 1. The Morgan fingerprint density at radius 3 is 2.37 bits per heavy atom. The predicted molar refractivity (Wildman–Crippen MR) is 128 cm³/mol. The third kappa shape index (κ3) is 6.45. The Balaban J connectivity index is 1.89. The Labute approximate surface area is 205 Å². The summed E-state index contributed by atoms with van der Waals surface area (Å²) in [5, 5.41) is 5.65. The summed E-state index contributed by atoms with van der Waals surface area (Å²) in [7, 11) is 1.54. The molecule has 3 rings (SSSR count). The van der Waals surface area contributed by atoms with Crippen LogP contribution in [0.4, 0.5) is 4.79 Å². The SMILES string of the molecule is CCOC(=O)C1=C(CN2CCC(C(=O)OCC)CC2)NC(=O)N[C@@H]1c1ccc(OCC)c(OC)c1. The van der Waals surface area contributed by atoms with Crippen LogP contribution in [-0.4, -0.2) is 69.4 Å². The van der Waals surface area contributed by atoms with Gasteiger partial charge >= 0.3 is 18.0 Å². The number of esters is 2. The number of urea groups is 1. The van der Waals surface area contributed by atoms with Gasteiger partial charge in [-0.3, -0.25) is 9.69 Å². The molecule has 1 aromatic rings. The minimum atomic E-state index is -0.723. The molecule has 0 unspecified atom stereocenters. The fourth-order valence-corrected chi connectivity index (χ4v) is 4.39. The molecule has 1 aromatic carbocycles. The molecule has 0 spiro atoms. The van der Waals surface area contributed by atoms with Crippen LogP contribution in [-0.2, 0) is 19.1 Å². The van der Waals surface area contributed by atoms with Crippen molar-refractivity contribution in [1.29, 1.82) is 0 Å². The van der Waals surface area contributed by atoms with Gasteiger partial charge in [0, 0.05) is 12.2 Å². The number of benzene rings is 1. The van der Waals surface area contributed by atoms with Gasteiger partial charge in [-0.25, -0.2) is 9.59 Å². The summed E-state index contributed by atoms with van der Waals surface area (Å²) in [5.74, 6) is 0.275. The highest BCUT2D eigenvalue weighted by Crippen LogP contribution is 2.35. The van der Waals surface area contributed by atoms with E-state index in [2.05, 4.69) is 15.5 Å². The Morgan fingerprint density at radius 2 is 1.74 bits per heavy atom. The summed E-state index contributed by atoms with van der Waals surface area (Å²) in [6.07, 6.45) is 1.32. The molecule has 10 nitrogen and oxygen atoms in total. The largest absolute Gasteiger partial charge is 0.493 e. The van der Waals surface area contributed by atoms with Gasteiger partial charge in [0.05, 0.1) is 44.5 Å². The van der Waals surface area contributed by atoms with Crippen LogP contribution in [0.2, 0.25) is 0 Å². The van der Waals surface area contributed by atoms with Crippen LogP contribution < -0.4 is 20.1 Å². The maximum atomic E-state index is 13.1. The summed E-state index contributed by atoms with van der Waals surface area (Å²) >= 11 is 0. The lowest BCUT2D eigenvalue weighted by molar-refractivity contribution is -0.149. The molecule has 2 aliphatic heterocycles. The fraction of sp³-hybridized carbons (Fsp3) is 0.560. The van der Waals surface area contributed by atoms with Crippen molar-refractivity contribution in [1.82, 2.24) is 15.5 Å². The molecule has 1 fully saturated rings. The monoisotopic (exact) mass is 489 g/mol. The van der Waals surface area contributed by atoms with Crippen LogP contribution >= 0.6 is 0 Å². The zero-order chi connectivity index (χ0) is 25.4. The number of hydrogen-bond acceptors (Lipinski definition) is 8. The predicted octanol–water partition coefficient (Wildman–Crippen LogP) is 2.54. The molecule has 2 heterocycles. The van der Waals surface area contributed by atoms with E-state index < -0.39 is 18.0 Å². The van der Waals surface area contributed by atoms with Crippen molar-refractivity contribution in [3.05, 3.63) is 35.0 Å². The first kappa shape index (κ1) is 26.3. The van der Waals surface area contributed by atoms with Crippen molar-refractivity contribution in [2.75, 3.05) is 46.6 Å². The number of hydrogen-bond donors (Lipinski definition) is 2. The van der Waals surface area contributed by atoms with Crippen LogP contribution in [0, 0.1) is 5.92 Å². The van der Waals surface area contributed by atoms with Crippen molar-refractivity contribution < 1.29 is 33.3 Å². The van der Waals surface area contributed by atoms with E-state index in [1.54, 1.807) is 32.0 Å². The van der Waals surface area contributed by atoms with E-state index in [0.717, 1.165) is 0 Å². The molecule has 0 radical (unpaired) electrons. The average Bonchev–Trinajstić information content (AvgIpc) is 2.84. The molecule has 0 aliphatic carbocycles. The normalized spacial score (nSPS) is 19.0. The van der Waals surface area contributed by atoms with Crippen molar-refractivity contribution in [2.45, 2.75) is 39.7 Å². The quantitative estimate of drug-likeness (QED) is 0.482. The highest BCUT2D eigenvalue weighted by atomic mass is 16.5. The lowest BCUT2D eigenvalue weighted by atomic mass is 9.93. The van der Waals surface area contributed by atoms with Gasteiger partial charge in [0.15, 0.2) is 11.5 Å². The first-order valence-electron chi connectivity index (χ1n) is 12.1. The number of nitrogens with one attached hydrogen (secondary N) is 2. The highest BCUT2D eigenvalue weighted by molar-refractivity contribution is 5.95. The number of piperidine rings is 1. The molecule has 2 amide bonds. The topological polar surface area (TPSA) is 115 Å². The van der Waals surface area contributed by atoms with Gasteiger partial charge in [-0.1, -0.05) is 6.07 Å². The standard InChI is InChI=1S/C25H35N3O7/c1-5-33-19-9-8-17(14-20(19)32-4)22-21(24(30)35-7-3)18(26-25(31)27-22)15-28-12-10-16(11-13-28)23(29)34-6-2/h8-9,14,16,22H,5-7,10-13,15H2,1-4H3,(H2,26,27,31)/t22-/m1/s1. The second kappa shape index (κ2) is 12.4. The van der Waals surface area contributed by atoms with Crippen molar-refractivity contribution in [3.63, 3.8) is 0 Å². The van der Waals surface area contributed by atoms with Crippen LogP contribution in [0.15, 0.2) is 29.5 Å². The summed E-state index contributed by atoms with van der Waals surface area (Å²) in [6, 6.07) is 4.18. The van der Waals surface area contributed by atoms with E-state index in [0.29, 0.717) is 74.0 Å². The third-order valence-electron chi connectivity index (χ3n) is 6.06. The number of methoxy groups -OCH3 is 1. The Hall–Kier alpha value is -3.27. The number of likely N-dealkylation sites (tertiary alicyclic amines) is 1. The van der Waals surface area contributed by atoms with Gasteiger partial charge in [-0.15, -0.1) is 0 Å². The zero-order valence-electron chi connectivity index (χ0n) is 20.8. The molecule has 1 atom stereocenters. The molecular weight excluding hydrogens is 454 g/mol. The molecule has 10 heteroatoms. The lowest BCUT2D eigenvalue weighted by Crippen LogP contribution is -2.49. The molecule has 2 N–H and O–H groups in total. The minimum absolute atomic E-state index is 0.128. The zero-order valence-corrected chi connectivity index (χ0v) is 20.8. The maximum absolute atomic E-state index is 13.1. The smallest absolute Gasteiger partial charge is 0.338 e. The van der Waals surface area contributed by atoms with Gasteiger partial charge in [0.2, 0.25) is 0 Å². The summed E-state index contributed by atoms with van der Waals surface area (Å²) in [6.45, 7) is 8.10. The second-order valence-corrected chi connectivity index (χ2v) is 8.29. The molecule has 0 aromatic heterocycles. The van der Waals surface area contributed by atoms with Crippen molar-refractivity contribution >= 4 is 18.0 Å². The van der Waals surface area contributed by atoms with Crippen molar-refractivity contribution in [2.24, 2.45) is 5.92 Å². The molecule has 0 bridgehead atoms. The fourth-order valence-electron chi connectivity index (χ4n) is 4.39. The number of amides is 2. The van der Waals surface area contributed by atoms with Crippen LogP contribution in [0.5, 0.6) is 11.5 Å². The van der Waals surface area contributed by atoms with E-state index >= 15 is 0 Å².